The average molecular weight is 515 g/mol. The molecule has 1 N–H and O–H groups in total. The summed E-state index contributed by atoms with van der Waals surface area (Å²) in [6.45, 7) is 6.90. The third-order valence-electron chi connectivity index (χ3n) is 7.06. The molecule has 2 aromatic carbocycles. The smallest absolute Gasteiger partial charge is 0.275 e. The van der Waals surface area contributed by atoms with Crippen molar-refractivity contribution < 1.29 is 27.9 Å². The van der Waals surface area contributed by atoms with Crippen LogP contribution in [0.1, 0.15) is 22.3 Å². The maximum Gasteiger partial charge on any atom is 0.275 e. The first-order valence-electron chi connectivity index (χ1n) is 11.0. The number of fused-ring (bicyclic) bond motifs is 1. The zero-order valence-corrected chi connectivity index (χ0v) is 21.0. The van der Waals surface area contributed by atoms with Crippen LogP contribution < -0.4 is 4.90 Å². The first-order valence-corrected chi connectivity index (χ1v) is 12.8. The summed E-state index contributed by atoms with van der Waals surface area (Å²) >= 11 is 6.27. The number of nitrogens with zero attached hydrogens (tertiary/aromatic N) is 2. The Balaban J connectivity index is 1.68. The van der Waals surface area contributed by atoms with E-state index in [0.29, 0.717) is 15.4 Å². The number of hydrogen-bond acceptors (Lipinski definition) is 6. The van der Waals surface area contributed by atoms with Crippen LogP contribution in [0.3, 0.4) is 0 Å². The van der Waals surface area contributed by atoms with Crippen molar-refractivity contribution in [2.45, 2.75) is 44.2 Å². The van der Waals surface area contributed by atoms with Crippen LogP contribution in [0.2, 0.25) is 0 Å². The molecule has 8 nitrogen and oxygen atoms in total. The summed E-state index contributed by atoms with van der Waals surface area (Å²) in [5.41, 5.74) is 0.191. The Morgan fingerprint density at radius 2 is 1.49 bits per heavy atom. The Morgan fingerprint density at radius 1 is 0.914 bits per heavy atom. The van der Waals surface area contributed by atoms with Gasteiger partial charge in [-0.2, -0.15) is 0 Å². The highest BCUT2D eigenvalue weighted by atomic mass is 35.5. The van der Waals surface area contributed by atoms with E-state index in [0.717, 1.165) is 16.0 Å². The molecule has 1 aliphatic carbocycles. The number of aryl methyl sites for hydroxylation is 4. The topological polar surface area (TPSA) is 112 Å². The second-order valence-electron chi connectivity index (χ2n) is 9.46. The van der Waals surface area contributed by atoms with Crippen molar-refractivity contribution >= 4 is 45.0 Å². The van der Waals surface area contributed by atoms with Crippen molar-refractivity contribution in [1.82, 2.24) is 4.31 Å². The molecule has 2 fully saturated rings. The van der Waals surface area contributed by atoms with Gasteiger partial charge in [0.1, 0.15) is 0 Å². The van der Waals surface area contributed by atoms with Gasteiger partial charge in [0.25, 0.3) is 15.9 Å². The van der Waals surface area contributed by atoms with E-state index in [-0.39, 0.29) is 15.6 Å². The number of anilines is 1. The number of carbonyl (C=O) groups excluding carboxylic acids is 3. The van der Waals surface area contributed by atoms with Crippen LogP contribution in [0.15, 0.2) is 52.4 Å². The third kappa shape index (κ3) is 3.01. The molecule has 35 heavy (non-hydrogen) atoms. The minimum Gasteiger partial charge on any atom is -0.374 e. The van der Waals surface area contributed by atoms with Gasteiger partial charge in [0.05, 0.1) is 33.5 Å². The summed E-state index contributed by atoms with van der Waals surface area (Å²) in [7, 11) is -4.51. The fraction of sp³-hybridized carbons (Fsp3) is 0.320. The monoisotopic (exact) mass is 514 g/mol. The van der Waals surface area contributed by atoms with E-state index in [2.05, 4.69) is 0 Å². The van der Waals surface area contributed by atoms with Crippen molar-refractivity contribution in [3.05, 3.63) is 69.8 Å². The second-order valence-corrected chi connectivity index (χ2v) is 11.6. The first kappa shape index (κ1) is 23.7. The maximum absolute atomic E-state index is 13.9. The number of hydrogen-bond donors (Lipinski definition) is 1. The molecule has 6 rings (SSSR count). The Morgan fingerprint density at radius 3 is 2.06 bits per heavy atom. The Hall–Kier alpha value is -3.01. The van der Waals surface area contributed by atoms with Gasteiger partial charge < -0.3 is 5.11 Å². The number of benzene rings is 2. The van der Waals surface area contributed by atoms with Crippen molar-refractivity contribution in [1.29, 1.82) is 0 Å². The van der Waals surface area contributed by atoms with Crippen LogP contribution in [0.5, 0.6) is 0 Å². The number of amides is 3. The molecule has 2 saturated heterocycles. The summed E-state index contributed by atoms with van der Waals surface area (Å²) in [6, 6.07) is 8.60. The molecule has 0 aromatic heterocycles. The van der Waals surface area contributed by atoms with Crippen LogP contribution in [0.25, 0.3) is 0 Å². The molecular formula is C25H23ClN2O6S. The minimum atomic E-state index is -4.51. The average Bonchev–Trinajstić information content (AvgIpc) is 3.02. The van der Waals surface area contributed by atoms with Crippen LogP contribution >= 0.6 is 11.6 Å². The molecule has 2 bridgehead atoms. The standard InChI is InChI=1S/C25H23ClN2O6S/c1-12-5-7-16(8-6-12)27-22(29)19-17-11-18(26)25(32,20(19)23(27)30)24(31)28(17)35(33,34)21-14(3)9-13(2)10-15(21)4/h5-11,17,19-20,32H,1-4H3/t17-,19+,20-,25-/m1/s1. The molecule has 0 spiro atoms. The largest absolute Gasteiger partial charge is 0.374 e. The predicted molar refractivity (Wildman–Crippen MR) is 128 cm³/mol. The van der Waals surface area contributed by atoms with Crippen LogP contribution in [0, 0.1) is 39.5 Å². The lowest BCUT2D eigenvalue weighted by atomic mass is 9.67. The van der Waals surface area contributed by atoms with E-state index in [1.165, 1.54) is 6.08 Å². The normalized spacial score (nSPS) is 28.0. The number of imide groups is 1. The highest BCUT2D eigenvalue weighted by Gasteiger charge is 2.73. The lowest BCUT2D eigenvalue weighted by molar-refractivity contribution is -0.165. The summed E-state index contributed by atoms with van der Waals surface area (Å²) in [4.78, 5) is 41.4. The SMILES string of the molecule is Cc1ccc(N2C(=O)[C@H]3[C@H]4C=C(Cl)[C@](O)(C(=O)N4S(=O)(=O)c4c(C)cc(C)cc4C)[C@H]3C2=O)cc1. The van der Waals surface area contributed by atoms with Gasteiger partial charge in [-0.25, -0.2) is 17.6 Å². The van der Waals surface area contributed by atoms with Gasteiger partial charge in [-0.3, -0.25) is 14.4 Å². The molecule has 3 amide bonds. The van der Waals surface area contributed by atoms with Crippen molar-refractivity contribution in [2.24, 2.45) is 11.8 Å². The number of aliphatic hydroxyl groups is 1. The van der Waals surface area contributed by atoms with Gasteiger partial charge in [-0.05, 0) is 57.0 Å². The maximum atomic E-state index is 13.9. The Labute approximate surface area is 207 Å². The molecule has 0 radical (unpaired) electrons. The predicted octanol–water partition coefficient (Wildman–Crippen LogP) is 2.49. The van der Waals surface area contributed by atoms with E-state index >= 15 is 0 Å². The van der Waals surface area contributed by atoms with Crippen LogP contribution in [-0.4, -0.2) is 47.2 Å². The van der Waals surface area contributed by atoms with Gasteiger partial charge in [0, 0.05) is 0 Å². The second kappa shape index (κ2) is 7.49. The van der Waals surface area contributed by atoms with Gasteiger partial charge in [-0.15, -0.1) is 0 Å². The lowest BCUT2D eigenvalue weighted by Crippen LogP contribution is -2.70. The summed E-state index contributed by atoms with van der Waals surface area (Å²) in [5, 5.41) is 11.2. The van der Waals surface area contributed by atoms with E-state index in [1.54, 1.807) is 50.2 Å². The summed E-state index contributed by atoms with van der Waals surface area (Å²) in [5.74, 6) is -5.57. The van der Waals surface area contributed by atoms with E-state index < -0.39 is 51.2 Å². The quantitative estimate of drug-likeness (QED) is 0.630. The minimum absolute atomic E-state index is 0.0826. The zero-order chi connectivity index (χ0) is 25.6. The van der Waals surface area contributed by atoms with Gasteiger partial charge in [0.2, 0.25) is 11.8 Å². The molecule has 3 heterocycles. The Bertz CT molecular complexity index is 1440. The van der Waals surface area contributed by atoms with Crippen molar-refractivity contribution in [3.8, 4) is 0 Å². The zero-order valence-electron chi connectivity index (χ0n) is 19.4. The molecule has 2 aromatic rings. The fourth-order valence-electron chi connectivity index (χ4n) is 5.65. The van der Waals surface area contributed by atoms with Gasteiger partial charge in [-0.1, -0.05) is 47.0 Å². The molecule has 0 unspecified atom stereocenters. The molecule has 182 valence electrons. The van der Waals surface area contributed by atoms with E-state index in [9.17, 15) is 27.9 Å². The molecular weight excluding hydrogens is 492 g/mol. The summed E-state index contributed by atoms with van der Waals surface area (Å²) in [6.07, 6.45) is 1.20. The Kier molecular flexibility index (Phi) is 5.08. The van der Waals surface area contributed by atoms with Crippen molar-refractivity contribution in [3.63, 3.8) is 0 Å². The molecule has 4 aliphatic rings. The van der Waals surface area contributed by atoms with E-state index in [4.69, 9.17) is 11.6 Å². The number of carbonyl (C=O) groups is 3. The number of sulfonamides is 1. The summed E-state index contributed by atoms with van der Waals surface area (Å²) < 4.78 is 28.3. The third-order valence-corrected chi connectivity index (χ3v) is 9.56. The molecule has 4 atom stereocenters. The number of rotatable bonds is 3. The fourth-order valence-corrected chi connectivity index (χ4v) is 7.97. The van der Waals surface area contributed by atoms with E-state index in [1.807, 2.05) is 13.8 Å². The highest BCUT2D eigenvalue weighted by molar-refractivity contribution is 7.89. The molecule has 10 heteroatoms. The molecule has 3 aliphatic heterocycles. The lowest BCUT2D eigenvalue weighted by Gasteiger charge is -2.50. The highest BCUT2D eigenvalue weighted by Crippen LogP contribution is 2.54. The molecule has 0 saturated carbocycles. The van der Waals surface area contributed by atoms with Gasteiger partial charge in [0.15, 0.2) is 5.60 Å². The van der Waals surface area contributed by atoms with Crippen LogP contribution in [-0.2, 0) is 24.4 Å². The van der Waals surface area contributed by atoms with Gasteiger partial charge >= 0.3 is 0 Å². The first-order chi connectivity index (χ1) is 16.3. The number of piperidine rings is 1. The number of halogens is 1. The van der Waals surface area contributed by atoms with Crippen molar-refractivity contribution in [2.75, 3.05) is 4.90 Å². The van der Waals surface area contributed by atoms with Crippen LogP contribution in [0.4, 0.5) is 5.69 Å².